The van der Waals surface area contributed by atoms with Gasteiger partial charge < -0.3 is 5.73 Å². The highest BCUT2D eigenvalue weighted by atomic mass is 16.1. The number of carbonyl (C=O) groups is 1. The van der Waals surface area contributed by atoms with Crippen molar-refractivity contribution in [2.45, 2.75) is 40.5 Å². The first-order valence-corrected chi connectivity index (χ1v) is 4.49. The van der Waals surface area contributed by atoms with E-state index in [2.05, 4.69) is 0 Å². The highest BCUT2D eigenvalue weighted by Gasteiger charge is 2.10. The summed E-state index contributed by atoms with van der Waals surface area (Å²) in [6.07, 6.45) is 1.85. The van der Waals surface area contributed by atoms with Crippen molar-refractivity contribution in [2.24, 2.45) is 11.7 Å². The average Bonchev–Trinajstić information content (AvgIpc) is 2.10. The van der Waals surface area contributed by atoms with Crippen LogP contribution in [-0.2, 0) is 4.79 Å². The van der Waals surface area contributed by atoms with Crippen LogP contribution in [0.5, 0.6) is 0 Å². The number of hydrogen-bond acceptors (Lipinski definition) is 2. The number of Topliss-reactive ketones (excluding diaryl/α,β-unsaturated/α-hetero) is 1. The summed E-state index contributed by atoms with van der Waals surface area (Å²) in [6.45, 7) is 8.23. The predicted octanol–water partition coefficient (Wildman–Crippen LogP) is 1.98. The van der Waals surface area contributed by atoms with Gasteiger partial charge in [-0.05, 0) is 12.8 Å². The molecular formula is C9H21NO. The Hall–Kier alpha value is -0.370. The summed E-state index contributed by atoms with van der Waals surface area (Å²) in [7, 11) is 0. The van der Waals surface area contributed by atoms with Crippen molar-refractivity contribution in [2.75, 3.05) is 6.54 Å². The van der Waals surface area contributed by atoms with Gasteiger partial charge in [0.15, 0.2) is 0 Å². The number of rotatable bonds is 4. The smallest absolute Gasteiger partial charge is 0.149 e. The Kier molecular flexibility index (Phi) is 11.6. The maximum Gasteiger partial charge on any atom is 0.149 e. The molecule has 0 radical (unpaired) electrons. The summed E-state index contributed by atoms with van der Waals surface area (Å²) >= 11 is 0. The van der Waals surface area contributed by atoms with Gasteiger partial charge in [0.25, 0.3) is 0 Å². The molecule has 0 bridgehead atoms. The van der Waals surface area contributed by atoms with Gasteiger partial charge in [-0.2, -0.15) is 0 Å². The zero-order chi connectivity index (χ0) is 9.28. The zero-order valence-corrected chi connectivity index (χ0v) is 8.18. The molecule has 0 spiro atoms. The van der Waals surface area contributed by atoms with Crippen LogP contribution < -0.4 is 5.73 Å². The molecule has 0 aromatic heterocycles. The van der Waals surface area contributed by atoms with Gasteiger partial charge in [0.1, 0.15) is 5.78 Å². The molecule has 0 saturated heterocycles. The highest BCUT2D eigenvalue weighted by Crippen LogP contribution is 2.06. The Labute approximate surface area is 70.2 Å². The fourth-order valence-electron chi connectivity index (χ4n) is 0.911. The van der Waals surface area contributed by atoms with E-state index in [-0.39, 0.29) is 18.2 Å². The van der Waals surface area contributed by atoms with E-state index in [1.807, 2.05) is 27.7 Å². The third-order valence-corrected chi connectivity index (χ3v) is 1.64. The lowest BCUT2D eigenvalue weighted by Crippen LogP contribution is -2.21. The molecule has 0 atom stereocenters. The van der Waals surface area contributed by atoms with Crippen LogP contribution in [0.1, 0.15) is 40.5 Å². The van der Waals surface area contributed by atoms with Crippen molar-refractivity contribution >= 4 is 5.78 Å². The fourth-order valence-corrected chi connectivity index (χ4v) is 0.911. The lowest BCUT2D eigenvalue weighted by Gasteiger charge is -2.07. The Morgan fingerprint density at radius 3 is 1.73 bits per heavy atom. The second-order valence-corrected chi connectivity index (χ2v) is 2.18. The van der Waals surface area contributed by atoms with Crippen molar-refractivity contribution in [3.8, 4) is 0 Å². The molecule has 0 saturated carbocycles. The van der Waals surface area contributed by atoms with Gasteiger partial charge in [0, 0.05) is 5.92 Å². The number of nitrogens with two attached hydrogens (primary N) is 1. The Bertz CT molecular complexity index is 87.6. The maximum atomic E-state index is 10.8. The topological polar surface area (TPSA) is 43.1 Å². The summed E-state index contributed by atoms with van der Waals surface area (Å²) in [5.41, 5.74) is 5.17. The molecule has 2 nitrogen and oxygen atoms in total. The number of hydrogen-bond donors (Lipinski definition) is 1. The van der Waals surface area contributed by atoms with E-state index in [9.17, 15) is 4.79 Å². The van der Waals surface area contributed by atoms with E-state index in [0.29, 0.717) is 0 Å². The Balaban J connectivity index is 0. The largest absolute Gasteiger partial charge is 0.324 e. The molecule has 2 N–H and O–H groups in total. The standard InChI is InChI=1S/C7H15NO.C2H6/c1-3-6(4-2)7(9)5-8;1-2/h6H,3-5,8H2,1-2H3;1-2H3. The minimum absolute atomic E-state index is 0.194. The summed E-state index contributed by atoms with van der Waals surface area (Å²) in [5.74, 6) is 0.398. The molecule has 0 aromatic carbocycles. The minimum atomic E-state index is 0.194. The van der Waals surface area contributed by atoms with E-state index in [1.165, 1.54) is 0 Å². The van der Waals surface area contributed by atoms with Gasteiger partial charge in [-0.3, -0.25) is 4.79 Å². The lowest BCUT2D eigenvalue weighted by molar-refractivity contribution is -0.121. The predicted molar refractivity (Wildman–Crippen MR) is 49.5 cm³/mol. The van der Waals surface area contributed by atoms with Gasteiger partial charge in [-0.1, -0.05) is 27.7 Å². The summed E-state index contributed by atoms with van der Waals surface area (Å²) in [4.78, 5) is 10.8. The van der Waals surface area contributed by atoms with E-state index < -0.39 is 0 Å². The summed E-state index contributed by atoms with van der Waals surface area (Å²) in [5, 5.41) is 0. The van der Waals surface area contributed by atoms with E-state index in [0.717, 1.165) is 12.8 Å². The molecule has 0 rings (SSSR count). The van der Waals surface area contributed by atoms with Crippen LogP contribution in [0.4, 0.5) is 0 Å². The Morgan fingerprint density at radius 2 is 1.64 bits per heavy atom. The maximum absolute atomic E-state index is 10.8. The highest BCUT2D eigenvalue weighted by molar-refractivity contribution is 5.82. The quantitative estimate of drug-likeness (QED) is 0.681. The molecule has 2 heteroatoms. The van der Waals surface area contributed by atoms with Crippen molar-refractivity contribution in [3.63, 3.8) is 0 Å². The van der Waals surface area contributed by atoms with Crippen molar-refractivity contribution < 1.29 is 4.79 Å². The molecule has 0 aliphatic heterocycles. The molecule has 0 heterocycles. The molecule has 0 unspecified atom stereocenters. The molecule has 0 aromatic rings. The van der Waals surface area contributed by atoms with Crippen LogP contribution in [0.25, 0.3) is 0 Å². The molecule has 11 heavy (non-hydrogen) atoms. The zero-order valence-electron chi connectivity index (χ0n) is 8.18. The minimum Gasteiger partial charge on any atom is -0.324 e. The molecule has 0 amide bonds. The number of ketones is 1. The normalized spacial score (nSPS) is 8.91. The summed E-state index contributed by atoms with van der Waals surface area (Å²) in [6, 6.07) is 0. The second kappa shape index (κ2) is 9.63. The van der Waals surface area contributed by atoms with Crippen LogP contribution in [0.2, 0.25) is 0 Å². The third-order valence-electron chi connectivity index (χ3n) is 1.64. The molecule has 0 aliphatic carbocycles. The molecule has 0 aliphatic rings. The monoisotopic (exact) mass is 159 g/mol. The Morgan fingerprint density at radius 1 is 1.27 bits per heavy atom. The van der Waals surface area contributed by atoms with Crippen LogP contribution in [0.15, 0.2) is 0 Å². The van der Waals surface area contributed by atoms with E-state index in [4.69, 9.17) is 5.73 Å². The summed E-state index contributed by atoms with van der Waals surface area (Å²) < 4.78 is 0. The first-order chi connectivity index (χ1) is 5.26. The van der Waals surface area contributed by atoms with Gasteiger partial charge in [-0.15, -0.1) is 0 Å². The van der Waals surface area contributed by atoms with Crippen molar-refractivity contribution in [3.05, 3.63) is 0 Å². The number of carbonyl (C=O) groups excluding carboxylic acids is 1. The fraction of sp³-hybridized carbons (Fsp3) is 0.889. The first-order valence-electron chi connectivity index (χ1n) is 4.49. The average molecular weight is 159 g/mol. The van der Waals surface area contributed by atoms with Crippen molar-refractivity contribution in [1.82, 2.24) is 0 Å². The van der Waals surface area contributed by atoms with Gasteiger partial charge in [0.05, 0.1) is 6.54 Å². The van der Waals surface area contributed by atoms with E-state index in [1.54, 1.807) is 0 Å². The third kappa shape index (κ3) is 6.05. The van der Waals surface area contributed by atoms with Crippen LogP contribution in [-0.4, -0.2) is 12.3 Å². The van der Waals surface area contributed by atoms with E-state index >= 15 is 0 Å². The van der Waals surface area contributed by atoms with Gasteiger partial charge >= 0.3 is 0 Å². The molecule has 0 fully saturated rings. The van der Waals surface area contributed by atoms with Crippen molar-refractivity contribution in [1.29, 1.82) is 0 Å². The second-order valence-electron chi connectivity index (χ2n) is 2.18. The van der Waals surface area contributed by atoms with Gasteiger partial charge in [-0.25, -0.2) is 0 Å². The molecular weight excluding hydrogens is 138 g/mol. The first kappa shape index (κ1) is 13.2. The van der Waals surface area contributed by atoms with Crippen LogP contribution in [0.3, 0.4) is 0 Å². The van der Waals surface area contributed by atoms with Gasteiger partial charge in [0.2, 0.25) is 0 Å². The SMILES string of the molecule is CC.CCC(CC)C(=O)CN. The molecule has 68 valence electrons. The van der Waals surface area contributed by atoms with Crippen LogP contribution >= 0.6 is 0 Å². The van der Waals surface area contributed by atoms with Crippen LogP contribution in [0, 0.1) is 5.92 Å². The lowest BCUT2D eigenvalue weighted by atomic mass is 9.98.